The molecule has 1 saturated carbocycles. The van der Waals surface area contributed by atoms with Crippen LogP contribution in [0.1, 0.15) is 44.6 Å². The normalized spacial score (nSPS) is 20.6. The molecule has 0 radical (unpaired) electrons. The van der Waals surface area contributed by atoms with Crippen molar-refractivity contribution in [2.24, 2.45) is 5.16 Å². The van der Waals surface area contributed by atoms with E-state index in [0.717, 1.165) is 35.6 Å². The van der Waals surface area contributed by atoms with Crippen molar-refractivity contribution in [2.45, 2.75) is 45.3 Å². The lowest BCUT2D eigenvalue weighted by atomic mass is 9.91. The molecule has 0 spiro atoms. The first kappa shape index (κ1) is 17.0. The second-order valence-corrected chi connectivity index (χ2v) is 6.28. The molecule has 0 amide bonds. The van der Waals surface area contributed by atoms with Crippen LogP contribution in [0.15, 0.2) is 35.0 Å². The fourth-order valence-corrected chi connectivity index (χ4v) is 2.80. The van der Waals surface area contributed by atoms with Gasteiger partial charge in [-0.25, -0.2) is 0 Å². The zero-order valence-electron chi connectivity index (χ0n) is 13.7. The number of hydrogen-bond acceptors (Lipinski definition) is 3. The lowest BCUT2D eigenvalue weighted by molar-refractivity contribution is -0.0357. The van der Waals surface area contributed by atoms with Crippen LogP contribution in [0.2, 0.25) is 5.02 Å². The van der Waals surface area contributed by atoms with Gasteiger partial charge in [-0.2, -0.15) is 0 Å². The molecule has 1 aromatic carbocycles. The van der Waals surface area contributed by atoms with Gasteiger partial charge in [0.2, 0.25) is 0 Å². The number of oxime groups is 1. The largest absolute Gasteiger partial charge is 0.376 e. The van der Waals surface area contributed by atoms with E-state index in [9.17, 15) is 0 Å². The fourth-order valence-electron chi connectivity index (χ4n) is 2.61. The highest BCUT2D eigenvalue weighted by molar-refractivity contribution is 6.32. The van der Waals surface area contributed by atoms with Gasteiger partial charge in [-0.15, -0.1) is 0 Å². The summed E-state index contributed by atoms with van der Waals surface area (Å²) in [6.07, 6.45) is 7.46. The van der Waals surface area contributed by atoms with Crippen LogP contribution < -0.4 is 0 Å². The second kappa shape index (κ2) is 8.35. The molecule has 0 aliphatic heterocycles. The molecule has 1 atom stereocenters. The topological polar surface area (TPSA) is 24.8 Å². The van der Waals surface area contributed by atoms with E-state index in [1.54, 1.807) is 0 Å². The zero-order valence-corrected chi connectivity index (χ0v) is 14.4. The molecule has 22 heavy (non-hydrogen) atoms. The molecular formula is C18H25ClN2O. The molecule has 120 valence electrons. The Morgan fingerprint density at radius 1 is 1.27 bits per heavy atom. The first-order valence-electron chi connectivity index (χ1n) is 7.96. The van der Waals surface area contributed by atoms with Crippen molar-refractivity contribution >= 4 is 23.4 Å². The minimum absolute atomic E-state index is 0.0241. The highest BCUT2D eigenvalue weighted by Crippen LogP contribution is 2.26. The van der Waals surface area contributed by atoms with Crippen molar-refractivity contribution < 1.29 is 4.84 Å². The van der Waals surface area contributed by atoms with Crippen LogP contribution in [0.25, 0.3) is 6.08 Å². The number of hydrogen-bond donors (Lipinski definition) is 0. The number of rotatable bonds is 5. The third-order valence-electron chi connectivity index (χ3n) is 3.93. The van der Waals surface area contributed by atoms with E-state index < -0.39 is 0 Å². The summed E-state index contributed by atoms with van der Waals surface area (Å²) in [5.41, 5.74) is 3.35. The predicted molar refractivity (Wildman–Crippen MR) is 94.2 cm³/mol. The summed E-state index contributed by atoms with van der Waals surface area (Å²) >= 11 is 6.26. The Bertz CT molecular complexity index is 552. The average molecular weight is 321 g/mol. The molecule has 0 N–H and O–H groups in total. The Morgan fingerprint density at radius 3 is 2.68 bits per heavy atom. The van der Waals surface area contributed by atoms with E-state index in [1.807, 2.05) is 43.3 Å². The standard InChI is InChI=1S/C18H25ClN2O/c1-4-18(21(2)3)22-20-17-12-8-6-10-15(17)13-14-9-5-7-11-16(14)19/h5,7,9,11,13,18H,4,6,8,10,12H2,1-3H3. The molecule has 3 nitrogen and oxygen atoms in total. The highest BCUT2D eigenvalue weighted by atomic mass is 35.5. The zero-order chi connectivity index (χ0) is 15.9. The summed E-state index contributed by atoms with van der Waals surface area (Å²) in [7, 11) is 4.02. The molecule has 2 rings (SSSR count). The predicted octanol–water partition coefficient (Wildman–Crippen LogP) is 4.97. The number of benzene rings is 1. The van der Waals surface area contributed by atoms with Crippen molar-refractivity contribution in [1.29, 1.82) is 0 Å². The van der Waals surface area contributed by atoms with Crippen LogP contribution in [0.4, 0.5) is 0 Å². The smallest absolute Gasteiger partial charge is 0.180 e. The third kappa shape index (κ3) is 4.59. The van der Waals surface area contributed by atoms with Crippen LogP contribution in [0.5, 0.6) is 0 Å². The Labute approximate surface area is 138 Å². The fraction of sp³-hybridized carbons (Fsp3) is 0.500. The van der Waals surface area contributed by atoms with Crippen molar-refractivity contribution in [3.05, 3.63) is 40.4 Å². The van der Waals surface area contributed by atoms with Crippen LogP contribution in [0, 0.1) is 0 Å². The van der Waals surface area contributed by atoms with Crippen LogP contribution >= 0.6 is 11.6 Å². The molecule has 0 aromatic heterocycles. The van der Waals surface area contributed by atoms with Crippen LogP contribution in [-0.4, -0.2) is 30.9 Å². The molecule has 1 aromatic rings. The van der Waals surface area contributed by atoms with Gasteiger partial charge in [0.25, 0.3) is 0 Å². The summed E-state index contributed by atoms with van der Waals surface area (Å²) in [5.74, 6) is 0. The minimum atomic E-state index is 0.0241. The summed E-state index contributed by atoms with van der Waals surface area (Å²) in [5, 5.41) is 5.22. The average Bonchev–Trinajstić information content (AvgIpc) is 2.51. The maximum atomic E-state index is 6.26. The van der Waals surface area contributed by atoms with E-state index in [1.165, 1.54) is 18.4 Å². The van der Waals surface area contributed by atoms with Crippen molar-refractivity contribution in [1.82, 2.24) is 4.90 Å². The van der Waals surface area contributed by atoms with Gasteiger partial charge in [0.05, 0.1) is 5.71 Å². The molecule has 4 heteroatoms. The molecular weight excluding hydrogens is 296 g/mol. The maximum absolute atomic E-state index is 6.26. The molecule has 1 unspecified atom stereocenters. The van der Waals surface area contributed by atoms with Gasteiger partial charge in [-0.05, 0) is 69.5 Å². The number of nitrogens with zero attached hydrogens (tertiary/aromatic N) is 2. The molecule has 1 aliphatic rings. The summed E-state index contributed by atoms with van der Waals surface area (Å²) < 4.78 is 0. The Kier molecular flexibility index (Phi) is 6.47. The summed E-state index contributed by atoms with van der Waals surface area (Å²) in [4.78, 5) is 7.78. The third-order valence-corrected chi connectivity index (χ3v) is 4.27. The SMILES string of the molecule is CCC(ON=C1CCCCC1=Cc1ccccc1Cl)N(C)C. The van der Waals surface area contributed by atoms with Gasteiger partial charge in [0.1, 0.15) is 0 Å². The van der Waals surface area contributed by atoms with Gasteiger partial charge in [0, 0.05) is 5.02 Å². The monoisotopic (exact) mass is 320 g/mol. The van der Waals surface area contributed by atoms with E-state index in [-0.39, 0.29) is 6.23 Å². The van der Waals surface area contributed by atoms with Gasteiger partial charge in [0.15, 0.2) is 6.23 Å². The first-order chi connectivity index (χ1) is 10.6. The summed E-state index contributed by atoms with van der Waals surface area (Å²) in [6.45, 7) is 2.10. The van der Waals surface area contributed by atoms with Crippen molar-refractivity contribution in [2.75, 3.05) is 14.1 Å². The van der Waals surface area contributed by atoms with Crippen LogP contribution in [-0.2, 0) is 4.84 Å². The molecule has 0 bridgehead atoms. The van der Waals surface area contributed by atoms with E-state index in [2.05, 4.69) is 18.2 Å². The van der Waals surface area contributed by atoms with Crippen molar-refractivity contribution in [3.63, 3.8) is 0 Å². The van der Waals surface area contributed by atoms with E-state index in [4.69, 9.17) is 16.4 Å². The lowest BCUT2D eigenvalue weighted by Gasteiger charge is -2.22. The van der Waals surface area contributed by atoms with E-state index >= 15 is 0 Å². The number of halogens is 1. The van der Waals surface area contributed by atoms with Gasteiger partial charge < -0.3 is 4.84 Å². The van der Waals surface area contributed by atoms with Crippen molar-refractivity contribution in [3.8, 4) is 0 Å². The quantitative estimate of drug-likeness (QED) is 0.565. The van der Waals surface area contributed by atoms with Gasteiger partial charge in [-0.1, -0.05) is 41.9 Å². The van der Waals surface area contributed by atoms with Crippen LogP contribution in [0.3, 0.4) is 0 Å². The van der Waals surface area contributed by atoms with E-state index in [0.29, 0.717) is 0 Å². The Hall–Kier alpha value is -1.32. The minimum Gasteiger partial charge on any atom is -0.376 e. The van der Waals surface area contributed by atoms with Gasteiger partial charge in [-0.3, -0.25) is 4.90 Å². The number of allylic oxidation sites excluding steroid dienone is 1. The molecule has 0 heterocycles. The highest BCUT2D eigenvalue weighted by Gasteiger charge is 2.16. The van der Waals surface area contributed by atoms with Gasteiger partial charge >= 0.3 is 0 Å². The summed E-state index contributed by atoms with van der Waals surface area (Å²) in [6, 6.07) is 7.92. The second-order valence-electron chi connectivity index (χ2n) is 5.87. The first-order valence-corrected chi connectivity index (χ1v) is 8.34. The molecule has 0 saturated heterocycles. The lowest BCUT2D eigenvalue weighted by Crippen LogP contribution is -2.29. The maximum Gasteiger partial charge on any atom is 0.180 e. The molecule has 1 fully saturated rings. The Morgan fingerprint density at radius 2 is 2.00 bits per heavy atom. The Balaban J connectivity index is 2.19. The molecule has 1 aliphatic carbocycles.